The highest BCUT2D eigenvalue weighted by Crippen LogP contribution is 2.36. The van der Waals surface area contributed by atoms with Crippen LogP contribution in [-0.4, -0.2) is 47.9 Å². The summed E-state index contributed by atoms with van der Waals surface area (Å²) >= 11 is 0. The first-order valence-electron chi connectivity index (χ1n) is 13.3. The van der Waals surface area contributed by atoms with Crippen molar-refractivity contribution in [1.82, 2.24) is 0 Å². The average molecular weight is 481 g/mol. The van der Waals surface area contributed by atoms with Crippen LogP contribution < -0.4 is 0 Å². The van der Waals surface area contributed by atoms with Gasteiger partial charge in [0.1, 0.15) is 12.4 Å². The molecule has 1 aromatic rings. The number of aliphatic hydroxyl groups is 1. The fourth-order valence-corrected chi connectivity index (χ4v) is 4.55. The molecule has 0 aliphatic rings. The SMILES string of the molecule is CCCCCCCCC(CCCC(O)COC(=O)c1ccc(O)cc1)C(CC)(OCC)OCC. The van der Waals surface area contributed by atoms with Crippen LogP contribution in [-0.2, 0) is 14.2 Å². The predicted molar refractivity (Wildman–Crippen MR) is 136 cm³/mol. The lowest BCUT2D eigenvalue weighted by molar-refractivity contribution is -0.268. The summed E-state index contributed by atoms with van der Waals surface area (Å²) in [5.41, 5.74) is 0.352. The van der Waals surface area contributed by atoms with Gasteiger partial charge in [0.05, 0.1) is 11.7 Å². The minimum absolute atomic E-state index is 0.0440. The highest BCUT2D eigenvalue weighted by atomic mass is 16.7. The number of carbonyl (C=O) groups excluding carboxylic acids is 1. The van der Waals surface area contributed by atoms with Crippen LogP contribution in [0.1, 0.15) is 109 Å². The zero-order valence-electron chi connectivity index (χ0n) is 21.9. The number of carbonyl (C=O) groups is 1. The topological polar surface area (TPSA) is 85.2 Å². The van der Waals surface area contributed by atoms with E-state index in [1.165, 1.54) is 56.4 Å². The van der Waals surface area contributed by atoms with Crippen LogP contribution in [0.15, 0.2) is 24.3 Å². The van der Waals surface area contributed by atoms with Crippen LogP contribution in [0.4, 0.5) is 0 Å². The van der Waals surface area contributed by atoms with E-state index in [-0.39, 0.29) is 18.3 Å². The molecule has 196 valence electrons. The molecule has 6 heteroatoms. The van der Waals surface area contributed by atoms with Gasteiger partial charge in [0, 0.05) is 19.1 Å². The van der Waals surface area contributed by atoms with Crippen molar-refractivity contribution in [2.24, 2.45) is 5.92 Å². The summed E-state index contributed by atoms with van der Waals surface area (Å²) in [6.45, 7) is 9.55. The summed E-state index contributed by atoms with van der Waals surface area (Å²) in [7, 11) is 0. The van der Waals surface area contributed by atoms with E-state index >= 15 is 0 Å². The van der Waals surface area contributed by atoms with E-state index in [2.05, 4.69) is 13.8 Å². The van der Waals surface area contributed by atoms with Crippen molar-refractivity contribution >= 4 is 5.97 Å². The second-order valence-corrected chi connectivity index (χ2v) is 9.01. The maximum absolute atomic E-state index is 12.1. The number of phenols is 1. The summed E-state index contributed by atoms with van der Waals surface area (Å²) in [6.07, 6.45) is 10.9. The van der Waals surface area contributed by atoms with E-state index in [4.69, 9.17) is 14.2 Å². The molecule has 2 unspecified atom stereocenters. The van der Waals surface area contributed by atoms with Gasteiger partial charge in [-0.05, 0) is 63.8 Å². The second-order valence-electron chi connectivity index (χ2n) is 9.01. The van der Waals surface area contributed by atoms with Crippen molar-refractivity contribution in [1.29, 1.82) is 0 Å². The molecule has 0 aliphatic heterocycles. The van der Waals surface area contributed by atoms with Crippen LogP contribution in [0.25, 0.3) is 0 Å². The Kier molecular flexibility index (Phi) is 15.9. The molecule has 0 fully saturated rings. The Bertz CT molecular complexity index is 639. The van der Waals surface area contributed by atoms with Crippen LogP contribution in [0.5, 0.6) is 5.75 Å². The standard InChI is InChI=1S/C28H48O6/c1-5-9-10-11-12-13-15-24(28(6-2,33-7-3)34-8-4)16-14-17-26(30)22-32-27(31)23-18-20-25(29)21-19-23/h18-21,24,26,29-30H,5-17,22H2,1-4H3. The molecule has 34 heavy (non-hydrogen) atoms. The van der Waals surface area contributed by atoms with Crippen molar-refractivity contribution in [2.75, 3.05) is 19.8 Å². The molecule has 6 nitrogen and oxygen atoms in total. The zero-order chi connectivity index (χ0) is 25.2. The maximum atomic E-state index is 12.1. The Morgan fingerprint density at radius 1 is 0.853 bits per heavy atom. The van der Waals surface area contributed by atoms with Crippen molar-refractivity contribution in [3.63, 3.8) is 0 Å². The normalized spacial score (nSPS) is 13.6. The molecule has 1 rings (SSSR count). The van der Waals surface area contributed by atoms with Gasteiger partial charge >= 0.3 is 5.97 Å². The van der Waals surface area contributed by atoms with Crippen molar-refractivity contribution < 1.29 is 29.2 Å². The smallest absolute Gasteiger partial charge is 0.338 e. The van der Waals surface area contributed by atoms with Gasteiger partial charge in [-0.1, -0.05) is 58.8 Å². The number of hydrogen-bond acceptors (Lipinski definition) is 6. The first-order chi connectivity index (χ1) is 16.4. The quantitative estimate of drug-likeness (QED) is 0.124. The minimum atomic E-state index is -0.717. The molecule has 0 saturated heterocycles. The highest BCUT2D eigenvalue weighted by molar-refractivity contribution is 5.89. The number of unbranched alkanes of at least 4 members (excludes halogenated alkanes) is 5. The molecule has 0 heterocycles. The minimum Gasteiger partial charge on any atom is -0.508 e. The van der Waals surface area contributed by atoms with Gasteiger partial charge in [0.15, 0.2) is 5.79 Å². The number of phenolic OH excluding ortho intramolecular Hbond substituents is 1. The third-order valence-corrected chi connectivity index (χ3v) is 6.40. The van der Waals surface area contributed by atoms with Gasteiger partial charge in [0.2, 0.25) is 0 Å². The monoisotopic (exact) mass is 480 g/mol. The number of esters is 1. The van der Waals surface area contributed by atoms with E-state index < -0.39 is 17.9 Å². The first-order valence-corrected chi connectivity index (χ1v) is 13.3. The number of aromatic hydroxyl groups is 1. The van der Waals surface area contributed by atoms with Crippen molar-refractivity contribution in [3.05, 3.63) is 29.8 Å². The Labute approximate surface area is 207 Å². The maximum Gasteiger partial charge on any atom is 0.338 e. The lowest BCUT2D eigenvalue weighted by atomic mass is 9.85. The molecule has 0 radical (unpaired) electrons. The van der Waals surface area contributed by atoms with E-state index in [0.29, 0.717) is 25.2 Å². The van der Waals surface area contributed by atoms with E-state index in [9.17, 15) is 15.0 Å². The molecule has 0 bridgehead atoms. The third kappa shape index (κ3) is 11.2. The number of hydrogen-bond donors (Lipinski definition) is 2. The fraction of sp³-hybridized carbons (Fsp3) is 0.750. The lowest BCUT2D eigenvalue weighted by Gasteiger charge is -2.40. The molecular formula is C28H48O6. The van der Waals surface area contributed by atoms with Gasteiger partial charge < -0.3 is 24.4 Å². The van der Waals surface area contributed by atoms with Crippen LogP contribution >= 0.6 is 0 Å². The van der Waals surface area contributed by atoms with Crippen LogP contribution in [0.3, 0.4) is 0 Å². The second kappa shape index (κ2) is 17.8. The van der Waals surface area contributed by atoms with Gasteiger partial charge in [-0.2, -0.15) is 0 Å². The highest BCUT2D eigenvalue weighted by Gasteiger charge is 2.38. The van der Waals surface area contributed by atoms with Crippen LogP contribution in [0.2, 0.25) is 0 Å². The fourth-order valence-electron chi connectivity index (χ4n) is 4.55. The Morgan fingerprint density at radius 2 is 1.44 bits per heavy atom. The van der Waals surface area contributed by atoms with Gasteiger partial charge in [-0.3, -0.25) is 0 Å². The number of ether oxygens (including phenoxy) is 3. The van der Waals surface area contributed by atoms with E-state index in [0.717, 1.165) is 32.1 Å². The molecule has 0 amide bonds. The lowest BCUT2D eigenvalue weighted by Crippen LogP contribution is -2.43. The summed E-state index contributed by atoms with van der Waals surface area (Å²) < 4.78 is 17.6. The average Bonchev–Trinajstić information content (AvgIpc) is 2.83. The van der Waals surface area contributed by atoms with E-state index in [1.54, 1.807) is 0 Å². The van der Waals surface area contributed by atoms with Gasteiger partial charge in [0.25, 0.3) is 0 Å². The number of rotatable bonds is 20. The number of aliphatic hydroxyl groups excluding tert-OH is 1. The first kappa shape index (κ1) is 30.4. The Hall–Kier alpha value is -1.63. The summed E-state index contributed by atoms with van der Waals surface area (Å²) in [6, 6.07) is 5.88. The molecule has 1 aromatic carbocycles. The summed E-state index contributed by atoms with van der Waals surface area (Å²) in [5, 5.41) is 19.7. The van der Waals surface area contributed by atoms with E-state index in [1.807, 2.05) is 13.8 Å². The van der Waals surface area contributed by atoms with Gasteiger partial charge in [-0.15, -0.1) is 0 Å². The molecule has 0 aromatic heterocycles. The Balaban J connectivity index is 2.58. The zero-order valence-corrected chi connectivity index (χ0v) is 21.9. The summed E-state index contributed by atoms with van der Waals surface area (Å²) in [5.74, 6) is -0.731. The number of benzene rings is 1. The molecule has 2 N–H and O–H groups in total. The van der Waals surface area contributed by atoms with Gasteiger partial charge in [-0.25, -0.2) is 4.79 Å². The van der Waals surface area contributed by atoms with Crippen LogP contribution in [0, 0.1) is 5.92 Å². The van der Waals surface area contributed by atoms with Crippen molar-refractivity contribution in [3.8, 4) is 5.75 Å². The predicted octanol–water partition coefficient (Wildman–Crippen LogP) is 6.63. The molecule has 0 saturated carbocycles. The van der Waals surface area contributed by atoms with Crippen molar-refractivity contribution in [2.45, 2.75) is 110 Å². The third-order valence-electron chi connectivity index (χ3n) is 6.40. The Morgan fingerprint density at radius 3 is 2.03 bits per heavy atom. The molecule has 2 atom stereocenters. The molecule has 0 spiro atoms. The molecule has 0 aliphatic carbocycles. The largest absolute Gasteiger partial charge is 0.508 e. The molecular weight excluding hydrogens is 432 g/mol. The summed E-state index contributed by atoms with van der Waals surface area (Å²) in [4.78, 5) is 12.1.